The number of fused-ring (bicyclic) bond motifs is 3. The van der Waals surface area contributed by atoms with Gasteiger partial charge in [0.1, 0.15) is 28.9 Å². The van der Waals surface area contributed by atoms with Gasteiger partial charge in [-0.1, -0.05) is 12.1 Å². The summed E-state index contributed by atoms with van der Waals surface area (Å²) in [5, 5.41) is 55.1. The first-order valence-corrected chi connectivity index (χ1v) is 12.7. The summed E-state index contributed by atoms with van der Waals surface area (Å²) in [5.41, 5.74) is -0.862. The van der Waals surface area contributed by atoms with E-state index < -0.39 is 60.3 Å². The first kappa shape index (κ1) is 25.4. The van der Waals surface area contributed by atoms with Crippen LogP contribution < -0.4 is 16.0 Å². The number of nitrogens with zero attached hydrogens (tertiary/aromatic N) is 1. The van der Waals surface area contributed by atoms with Crippen molar-refractivity contribution in [1.82, 2.24) is 20.9 Å². The second kappa shape index (κ2) is 9.54. The summed E-state index contributed by atoms with van der Waals surface area (Å²) in [6.07, 6.45) is -5.68. The monoisotopic (exact) mass is 510 g/mol. The van der Waals surface area contributed by atoms with E-state index in [1.165, 1.54) is 0 Å². The molecule has 0 spiro atoms. The fourth-order valence-corrected chi connectivity index (χ4v) is 6.54. The summed E-state index contributed by atoms with van der Waals surface area (Å²) < 4.78 is 19.1. The van der Waals surface area contributed by atoms with Crippen LogP contribution in [0.1, 0.15) is 18.4 Å². The molecule has 35 heavy (non-hydrogen) atoms. The smallest absolute Gasteiger partial charge is 0.249 e. The minimum Gasteiger partial charge on any atom is -0.390 e. The van der Waals surface area contributed by atoms with Gasteiger partial charge in [-0.25, -0.2) is 4.98 Å². The van der Waals surface area contributed by atoms with E-state index in [-0.39, 0.29) is 13.0 Å². The highest BCUT2D eigenvalue weighted by Crippen LogP contribution is 2.46. The van der Waals surface area contributed by atoms with Crippen molar-refractivity contribution in [3.63, 3.8) is 0 Å². The molecular formula is C23H34N4O7S. The molecule has 1 aliphatic carbocycles. The lowest BCUT2D eigenvalue weighted by Crippen LogP contribution is -2.81. The van der Waals surface area contributed by atoms with E-state index in [1.54, 1.807) is 32.4 Å². The summed E-state index contributed by atoms with van der Waals surface area (Å²) in [7, 11) is 3.29. The summed E-state index contributed by atoms with van der Waals surface area (Å²) in [4.78, 5) is 4.60. The number of ether oxygens (including phenoxy) is 3. The highest BCUT2D eigenvalue weighted by Gasteiger charge is 2.68. The lowest BCUT2D eigenvalue weighted by Gasteiger charge is -2.60. The van der Waals surface area contributed by atoms with Gasteiger partial charge in [0.25, 0.3) is 0 Å². The molecule has 0 bridgehead atoms. The molecule has 2 saturated heterocycles. The number of aliphatic hydroxyl groups excluding tert-OH is 2. The Kier molecular flexibility index (Phi) is 6.91. The summed E-state index contributed by atoms with van der Waals surface area (Å²) >= 11 is 1.56. The third-order valence-corrected chi connectivity index (χ3v) is 8.42. The van der Waals surface area contributed by atoms with Gasteiger partial charge in [0.15, 0.2) is 0 Å². The van der Waals surface area contributed by atoms with Crippen LogP contribution in [0, 0.1) is 0 Å². The van der Waals surface area contributed by atoms with Crippen molar-refractivity contribution < 1.29 is 34.6 Å². The summed E-state index contributed by atoms with van der Waals surface area (Å²) in [6.45, 7) is 2.16. The Morgan fingerprint density at radius 3 is 2.51 bits per heavy atom. The second-order valence-electron chi connectivity index (χ2n) is 9.68. The third kappa shape index (κ3) is 4.20. The number of thiazole rings is 1. The second-order valence-corrected chi connectivity index (χ2v) is 10.8. The minimum absolute atomic E-state index is 0.0150. The Morgan fingerprint density at radius 1 is 1.06 bits per heavy atom. The molecule has 5 rings (SSSR count). The minimum atomic E-state index is -2.23. The van der Waals surface area contributed by atoms with Crippen LogP contribution in [0.5, 0.6) is 0 Å². The molecule has 2 aromatic rings. The summed E-state index contributed by atoms with van der Waals surface area (Å²) in [6, 6.07) is 6.49. The van der Waals surface area contributed by atoms with Gasteiger partial charge in [-0.05, 0) is 33.2 Å². The number of hydrogen-bond donors (Lipinski definition) is 7. The van der Waals surface area contributed by atoms with E-state index in [0.29, 0.717) is 6.54 Å². The highest BCUT2D eigenvalue weighted by atomic mass is 32.1. The Morgan fingerprint density at radius 2 is 1.80 bits per heavy atom. The SMILES string of the molecule is CN[C@@H]1[C@H](O)[C@H](NC)[C@H]2O[C@]3(O)[C@H](O[C@@H]2[C@H]1O)O[C@H](C)C[C@@]3(O)CNCc1nc2ccccc2s1. The van der Waals surface area contributed by atoms with Crippen LogP contribution in [0.15, 0.2) is 24.3 Å². The molecule has 10 atom stereocenters. The normalized spacial score (nSPS) is 43.6. The van der Waals surface area contributed by atoms with Gasteiger partial charge in [0.05, 0.1) is 34.5 Å². The van der Waals surface area contributed by atoms with Gasteiger partial charge in [-0.3, -0.25) is 0 Å². The number of hydrogen-bond acceptors (Lipinski definition) is 12. The van der Waals surface area contributed by atoms with Crippen LogP contribution in [0.4, 0.5) is 0 Å². The maximum atomic E-state index is 11.7. The first-order valence-electron chi connectivity index (χ1n) is 11.9. The van der Waals surface area contributed by atoms with Gasteiger partial charge in [-0.15, -0.1) is 11.3 Å². The zero-order valence-electron chi connectivity index (χ0n) is 19.9. The number of likely N-dealkylation sites (N-methyl/N-ethyl adjacent to an activating group) is 2. The molecule has 2 aliphatic heterocycles. The molecule has 194 valence electrons. The van der Waals surface area contributed by atoms with Gasteiger partial charge < -0.3 is 50.6 Å². The van der Waals surface area contributed by atoms with Gasteiger partial charge >= 0.3 is 0 Å². The van der Waals surface area contributed by atoms with Gasteiger partial charge in [0, 0.05) is 19.5 Å². The van der Waals surface area contributed by atoms with Crippen LogP contribution in [0.2, 0.25) is 0 Å². The van der Waals surface area contributed by atoms with Gasteiger partial charge in [-0.2, -0.15) is 0 Å². The quantitative estimate of drug-likeness (QED) is 0.246. The predicted molar refractivity (Wildman–Crippen MR) is 128 cm³/mol. The van der Waals surface area contributed by atoms with Crippen molar-refractivity contribution in [2.24, 2.45) is 0 Å². The highest BCUT2D eigenvalue weighted by molar-refractivity contribution is 7.18. The molecule has 3 fully saturated rings. The number of aliphatic hydroxyl groups is 4. The summed E-state index contributed by atoms with van der Waals surface area (Å²) in [5.74, 6) is -2.23. The molecule has 0 radical (unpaired) electrons. The van der Waals surface area contributed by atoms with E-state index in [0.717, 1.165) is 15.2 Å². The molecule has 0 amide bonds. The molecule has 0 unspecified atom stereocenters. The zero-order chi connectivity index (χ0) is 25.0. The van der Waals surface area contributed by atoms with Crippen LogP contribution >= 0.6 is 11.3 Å². The van der Waals surface area contributed by atoms with E-state index in [9.17, 15) is 20.4 Å². The van der Waals surface area contributed by atoms with Crippen molar-refractivity contribution in [2.45, 2.75) is 80.2 Å². The van der Waals surface area contributed by atoms with Gasteiger partial charge in [0.2, 0.25) is 12.1 Å². The standard InChI is InChI=1S/C23H34N4O7S/c1-11-8-22(30,10-26-9-14-27-12-6-4-5-7-13(12)35-14)23(31)21(32-11)33-20-18(29)15(24-2)17(28)16(25-3)19(20)34-23/h4-7,11,15-21,24-26,28-31H,8-10H2,1-3H3/t11-,15-,16+,17+,18+,19-,20-,21+,22-,23-/m1/s1. The molecule has 7 N–H and O–H groups in total. The largest absolute Gasteiger partial charge is 0.390 e. The first-order chi connectivity index (χ1) is 16.7. The van der Waals surface area contributed by atoms with Crippen molar-refractivity contribution in [3.05, 3.63) is 29.3 Å². The molecular weight excluding hydrogens is 476 g/mol. The average Bonchev–Trinajstić information content (AvgIpc) is 3.23. The fourth-order valence-electron chi connectivity index (χ4n) is 5.60. The van der Waals surface area contributed by atoms with Crippen LogP contribution in [-0.4, -0.2) is 106 Å². The average molecular weight is 511 g/mol. The number of benzene rings is 1. The molecule has 12 heteroatoms. The molecule has 3 heterocycles. The maximum Gasteiger partial charge on any atom is 0.249 e. The van der Waals surface area contributed by atoms with E-state index >= 15 is 0 Å². The van der Waals surface area contributed by atoms with Crippen molar-refractivity contribution in [1.29, 1.82) is 0 Å². The Balaban J connectivity index is 1.36. The number of nitrogens with one attached hydrogen (secondary N) is 3. The van der Waals surface area contributed by atoms with Crippen LogP contribution in [0.3, 0.4) is 0 Å². The van der Waals surface area contributed by atoms with Crippen molar-refractivity contribution >= 4 is 21.6 Å². The number of aromatic nitrogens is 1. The van der Waals surface area contributed by atoms with E-state index in [4.69, 9.17) is 14.2 Å². The molecule has 1 aromatic heterocycles. The Labute approximate surface area is 207 Å². The Hall–Kier alpha value is -1.29. The predicted octanol–water partition coefficient (Wildman–Crippen LogP) is -1.36. The van der Waals surface area contributed by atoms with Crippen molar-refractivity contribution in [2.75, 3.05) is 20.6 Å². The Bertz CT molecular complexity index is 1010. The molecule has 11 nitrogen and oxygen atoms in total. The van der Waals surface area contributed by atoms with Crippen LogP contribution in [0.25, 0.3) is 10.2 Å². The number of rotatable bonds is 6. The number of para-hydroxylation sites is 1. The van der Waals surface area contributed by atoms with Crippen LogP contribution in [-0.2, 0) is 20.8 Å². The molecule has 3 aliphatic rings. The molecule has 1 aromatic carbocycles. The fraction of sp³-hybridized carbons (Fsp3) is 0.696. The zero-order valence-corrected chi connectivity index (χ0v) is 20.7. The maximum absolute atomic E-state index is 11.7. The third-order valence-electron chi connectivity index (χ3n) is 7.38. The van der Waals surface area contributed by atoms with Crippen molar-refractivity contribution in [3.8, 4) is 0 Å². The lowest BCUT2D eigenvalue weighted by atomic mass is 9.77. The topological polar surface area (TPSA) is 158 Å². The molecule has 1 saturated carbocycles. The van der Waals surface area contributed by atoms with E-state index in [2.05, 4.69) is 20.9 Å². The van der Waals surface area contributed by atoms with E-state index in [1.807, 2.05) is 24.3 Å². The lowest BCUT2D eigenvalue weighted by molar-refractivity contribution is -0.482.